The third-order valence-corrected chi connectivity index (χ3v) is 2.51. The molecule has 0 atom stereocenters. The molecule has 0 saturated heterocycles. The van der Waals surface area contributed by atoms with Crippen LogP contribution in [0.3, 0.4) is 0 Å². The van der Waals surface area contributed by atoms with Crippen LogP contribution in [0.15, 0.2) is 20.3 Å². The lowest BCUT2D eigenvalue weighted by Gasteiger charge is -2.02. The van der Waals surface area contributed by atoms with Crippen molar-refractivity contribution < 1.29 is 10.4 Å². The lowest BCUT2D eigenvalue weighted by atomic mass is 10.2. The number of rotatable bonds is 7. The fourth-order valence-corrected chi connectivity index (χ4v) is 1.45. The summed E-state index contributed by atoms with van der Waals surface area (Å²) in [6.45, 7) is 8.39. The molecule has 0 unspecified atom stereocenters. The van der Waals surface area contributed by atoms with E-state index in [2.05, 4.69) is 20.3 Å². The largest absolute Gasteiger partial charge is 0.411 e. The quantitative estimate of drug-likeness (QED) is 0.316. The highest BCUT2D eigenvalue weighted by atomic mass is 16.4. The predicted molar refractivity (Wildman–Crippen MR) is 75.0 cm³/mol. The first-order chi connectivity index (χ1) is 8.60. The lowest BCUT2D eigenvalue weighted by molar-refractivity contribution is 0.319. The van der Waals surface area contributed by atoms with E-state index in [1.165, 1.54) is 0 Å². The molecular weight excluding hydrogens is 232 g/mol. The van der Waals surface area contributed by atoms with Crippen molar-refractivity contribution in [1.29, 1.82) is 0 Å². The summed E-state index contributed by atoms with van der Waals surface area (Å²) >= 11 is 0. The van der Waals surface area contributed by atoms with Crippen molar-refractivity contribution in [3.05, 3.63) is 0 Å². The van der Waals surface area contributed by atoms with Crippen molar-refractivity contribution >= 4 is 22.8 Å². The maximum Gasteiger partial charge on any atom is 0.0974 e. The molecule has 6 heteroatoms. The molecule has 0 saturated carbocycles. The van der Waals surface area contributed by atoms with Gasteiger partial charge in [0.15, 0.2) is 0 Å². The van der Waals surface area contributed by atoms with Gasteiger partial charge in [-0.15, -0.1) is 0 Å². The average molecular weight is 254 g/mol. The molecule has 0 aliphatic rings. The molecule has 0 heterocycles. The van der Waals surface area contributed by atoms with Crippen LogP contribution in [0.25, 0.3) is 0 Å². The van der Waals surface area contributed by atoms with E-state index < -0.39 is 0 Å². The van der Waals surface area contributed by atoms with Gasteiger partial charge >= 0.3 is 0 Å². The minimum atomic E-state index is 0.526. The van der Waals surface area contributed by atoms with Crippen LogP contribution in [0.5, 0.6) is 0 Å². The highest BCUT2D eigenvalue weighted by Gasteiger charge is 2.02. The SMILES string of the molecule is CCC(=NCCN=C(CC)/C(C)=N/O)/C(C)=N/O. The first kappa shape index (κ1) is 16.3. The summed E-state index contributed by atoms with van der Waals surface area (Å²) in [6, 6.07) is 0. The Morgan fingerprint density at radius 3 is 1.33 bits per heavy atom. The Bertz CT molecular complexity index is 334. The summed E-state index contributed by atoms with van der Waals surface area (Å²) in [5.41, 5.74) is 2.62. The lowest BCUT2D eigenvalue weighted by Crippen LogP contribution is -2.12. The molecule has 102 valence electrons. The molecule has 6 nitrogen and oxygen atoms in total. The first-order valence-corrected chi connectivity index (χ1v) is 6.05. The van der Waals surface area contributed by atoms with Crippen LogP contribution in [0, 0.1) is 0 Å². The minimum absolute atomic E-state index is 0.526. The molecule has 0 radical (unpaired) electrons. The van der Waals surface area contributed by atoms with Crippen LogP contribution in [0.2, 0.25) is 0 Å². The maximum atomic E-state index is 8.66. The monoisotopic (exact) mass is 254 g/mol. The van der Waals surface area contributed by atoms with Gasteiger partial charge in [-0.3, -0.25) is 9.98 Å². The minimum Gasteiger partial charge on any atom is -0.411 e. The van der Waals surface area contributed by atoms with Gasteiger partial charge in [0.1, 0.15) is 0 Å². The van der Waals surface area contributed by atoms with Crippen molar-refractivity contribution in [2.45, 2.75) is 40.5 Å². The molecule has 0 aromatic rings. The first-order valence-electron chi connectivity index (χ1n) is 6.05. The number of hydrogen-bond donors (Lipinski definition) is 2. The van der Waals surface area contributed by atoms with Gasteiger partial charge in [-0.1, -0.05) is 24.2 Å². The van der Waals surface area contributed by atoms with Gasteiger partial charge < -0.3 is 10.4 Å². The van der Waals surface area contributed by atoms with Gasteiger partial charge in [0.2, 0.25) is 0 Å². The number of oxime groups is 2. The molecule has 0 rings (SSSR count). The number of nitrogens with zero attached hydrogens (tertiary/aromatic N) is 4. The Balaban J connectivity index is 4.50. The van der Waals surface area contributed by atoms with Gasteiger partial charge in [0, 0.05) is 0 Å². The zero-order valence-electron chi connectivity index (χ0n) is 11.5. The maximum absolute atomic E-state index is 8.66. The highest BCUT2D eigenvalue weighted by molar-refractivity contribution is 6.41. The van der Waals surface area contributed by atoms with E-state index in [1.54, 1.807) is 13.8 Å². The molecule has 0 amide bonds. The van der Waals surface area contributed by atoms with Crippen molar-refractivity contribution in [1.82, 2.24) is 0 Å². The zero-order chi connectivity index (χ0) is 14.0. The summed E-state index contributed by atoms with van der Waals surface area (Å²) in [6.07, 6.45) is 1.44. The van der Waals surface area contributed by atoms with Crippen LogP contribution in [-0.2, 0) is 0 Å². The topological polar surface area (TPSA) is 89.9 Å². The normalized spacial score (nSPS) is 15.1. The fourth-order valence-electron chi connectivity index (χ4n) is 1.45. The molecule has 0 fully saturated rings. The molecule has 0 aliphatic heterocycles. The Labute approximate surface area is 108 Å². The zero-order valence-corrected chi connectivity index (χ0v) is 11.5. The van der Waals surface area contributed by atoms with E-state index in [0.29, 0.717) is 24.5 Å². The van der Waals surface area contributed by atoms with Crippen LogP contribution in [0.4, 0.5) is 0 Å². The summed E-state index contributed by atoms with van der Waals surface area (Å²) in [5, 5.41) is 23.6. The Morgan fingerprint density at radius 1 is 0.778 bits per heavy atom. The van der Waals surface area contributed by atoms with Crippen LogP contribution in [0.1, 0.15) is 40.5 Å². The summed E-state index contributed by atoms with van der Waals surface area (Å²) in [4.78, 5) is 8.64. The van der Waals surface area contributed by atoms with E-state index >= 15 is 0 Å². The number of aliphatic imine (C=N–C) groups is 2. The number of hydrogen-bond acceptors (Lipinski definition) is 6. The van der Waals surface area contributed by atoms with Crippen molar-refractivity contribution in [2.75, 3.05) is 13.1 Å². The third-order valence-electron chi connectivity index (χ3n) is 2.51. The molecule has 0 aliphatic carbocycles. The Morgan fingerprint density at radius 2 is 1.11 bits per heavy atom. The average Bonchev–Trinajstić information content (AvgIpc) is 2.41. The Kier molecular flexibility index (Phi) is 8.43. The van der Waals surface area contributed by atoms with Crippen LogP contribution < -0.4 is 0 Å². The van der Waals surface area contributed by atoms with Crippen molar-refractivity contribution in [3.63, 3.8) is 0 Å². The van der Waals surface area contributed by atoms with Gasteiger partial charge in [0.25, 0.3) is 0 Å². The molecule has 18 heavy (non-hydrogen) atoms. The van der Waals surface area contributed by atoms with Gasteiger partial charge in [-0.05, 0) is 26.7 Å². The predicted octanol–water partition coefficient (Wildman–Crippen LogP) is 2.39. The fraction of sp³-hybridized carbons (Fsp3) is 0.667. The molecule has 0 aromatic carbocycles. The van der Waals surface area contributed by atoms with E-state index in [0.717, 1.165) is 24.3 Å². The second-order valence-electron chi connectivity index (χ2n) is 3.73. The van der Waals surface area contributed by atoms with E-state index in [9.17, 15) is 0 Å². The van der Waals surface area contributed by atoms with Crippen LogP contribution >= 0.6 is 0 Å². The smallest absolute Gasteiger partial charge is 0.0974 e. The van der Waals surface area contributed by atoms with Gasteiger partial charge in [-0.25, -0.2) is 0 Å². The summed E-state index contributed by atoms with van der Waals surface area (Å²) < 4.78 is 0. The molecule has 0 aromatic heterocycles. The van der Waals surface area contributed by atoms with E-state index in [-0.39, 0.29) is 0 Å². The molecule has 2 N–H and O–H groups in total. The molecular formula is C12H22N4O2. The van der Waals surface area contributed by atoms with E-state index in [4.69, 9.17) is 10.4 Å². The van der Waals surface area contributed by atoms with Crippen LogP contribution in [-0.4, -0.2) is 46.4 Å². The van der Waals surface area contributed by atoms with Crippen molar-refractivity contribution in [3.8, 4) is 0 Å². The summed E-state index contributed by atoms with van der Waals surface area (Å²) in [5.74, 6) is 0. The Hall–Kier alpha value is -1.72. The van der Waals surface area contributed by atoms with E-state index in [1.807, 2.05) is 13.8 Å². The summed E-state index contributed by atoms with van der Waals surface area (Å²) in [7, 11) is 0. The standard InChI is InChI=1S/C12H22N4O2/c1-5-11(9(3)15-17)13-7-8-14-12(6-2)10(4)16-18/h17-18H,5-8H2,1-4H3/b13-11?,14-12?,15-9+,16-10+. The second-order valence-corrected chi connectivity index (χ2v) is 3.73. The third kappa shape index (κ3) is 5.56. The molecule has 0 spiro atoms. The molecule has 0 bridgehead atoms. The van der Waals surface area contributed by atoms with Crippen molar-refractivity contribution in [2.24, 2.45) is 20.3 Å². The highest BCUT2D eigenvalue weighted by Crippen LogP contribution is 1.94. The van der Waals surface area contributed by atoms with Gasteiger partial charge in [-0.2, -0.15) is 0 Å². The van der Waals surface area contributed by atoms with Gasteiger partial charge in [0.05, 0.1) is 35.9 Å². The second kappa shape index (κ2) is 9.32.